The predicted molar refractivity (Wildman–Crippen MR) is 163 cm³/mol. The maximum absolute atomic E-state index is 14.9. The molecule has 0 saturated carbocycles. The molecule has 0 amide bonds. The SMILES string of the molecule is C#Cc1c(F)ccc2cc(O)cc(-c3cc4nc(OCC56CCCN5CCC6)nc(NCCC)c4c(OC(C)C)n3)c12. The van der Waals surface area contributed by atoms with Gasteiger partial charge >= 0.3 is 6.01 Å². The van der Waals surface area contributed by atoms with Crippen molar-refractivity contribution in [3.05, 3.63) is 41.7 Å². The Balaban J connectivity index is 1.53. The van der Waals surface area contributed by atoms with E-state index < -0.39 is 5.82 Å². The molecule has 8 nitrogen and oxygen atoms in total. The number of benzene rings is 2. The number of phenols is 1. The third-order valence-electron chi connectivity index (χ3n) is 8.27. The monoisotopic (exact) mass is 569 g/mol. The van der Waals surface area contributed by atoms with Gasteiger partial charge in [0.25, 0.3) is 0 Å². The van der Waals surface area contributed by atoms with Gasteiger partial charge in [-0.15, -0.1) is 6.42 Å². The van der Waals surface area contributed by atoms with Gasteiger partial charge in [0.2, 0.25) is 5.88 Å². The van der Waals surface area contributed by atoms with E-state index in [1.165, 1.54) is 18.9 Å². The molecule has 0 aliphatic carbocycles. The van der Waals surface area contributed by atoms with Gasteiger partial charge in [0.1, 0.15) is 29.4 Å². The maximum atomic E-state index is 14.9. The van der Waals surface area contributed by atoms with Crippen LogP contribution in [0.3, 0.4) is 0 Å². The van der Waals surface area contributed by atoms with E-state index in [4.69, 9.17) is 30.8 Å². The smallest absolute Gasteiger partial charge is 0.319 e. The molecule has 2 aliphatic heterocycles. The molecule has 218 valence electrons. The second-order valence-electron chi connectivity index (χ2n) is 11.5. The zero-order valence-corrected chi connectivity index (χ0v) is 24.3. The highest BCUT2D eigenvalue weighted by Gasteiger charge is 2.45. The van der Waals surface area contributed by atoms with Crippen molar-refractivity contribution >= 4 is 27.5 Å². The number of anilines is 1. The summed E-state index contributed by atoms with van der Waals surface area (Å²) in [5, 5.41) is 15.7. The van der Waals surface area contributed by atoms with Crippen LogP contribution >= 0.6 is 0 Å². The molecule has 2 aromatic carbocycles. The number of halogens is 1. The molecular weight excluding hydrogens is 533 g/mol. The van der Waals surface area contributed by atoms with Gasteiger partial charge in [0, 0.05) is 17.5 Å². The lowest BCUT2D eigenvalue weighted by atomic mass is 9.95. The fourth-order valence-corrected chi connectivity index (χ4v) is 6.41. The van der Waals surface area contributed by atoms with Crippen LogP contribution in [0.15, 0.2) is 30.3 Å². The number of terminal acetylenes is 1. The van der Waals surface area contributed by atoms with Crippen LogP contribution in [-0.4, -0.2) is 62.8 Å². The van der Waals surface area contributed by atoms with Crippen LogP contribution in [0.1, 0.15) is 58.4 Å². The molecule has 0 atom stereocenters. The number of pyridine rings is 1. The lowest BCUT2D eigenvalue weighted by Crippen LogP contribution is -2.43. The lowest BCUT2D eigenvalue weighted by molar-refractivity contribution is 0.108. The standard InChI is InChI=1S/C33H36FN5O3/c1-5-13-35-30-29-27(37-32(38-30)41-19-33-11-7-14-39(33)15-8-12-33)18-26(36-31(29)42-20(3)4)24-17-22(40)16-21-9-10-25(34)23(6-2)28(21)24/h2,9-10,16-18,20,40H,5,7-8,11-15,19H2,1,3-4H3,(H,35,37,38). The average molecular weight is 570 g/mol. The van der Waals surface area contributed by atoms with Gasteiger partial charge in [-0.05, 0) is 88.7 Å². The van der Waals surface area contributed by atoms with Gasteiger partial charge in [-0.25, -0.2) is 9.37 Å². The Morgan fingerprint density at radius 2 is 1.90 bits per heavy atom. The largest absolute Gasteiger partial charge is 0.508 e. The minimum atomic E-state index is -0.521. The van der Waals surface area contributed by atoms with Crippen LogP contribution in [0, 0.1) is 18.2 Å². The summed E-state index contributed by atoms with van der Waals surface area (Å²) in [5.74, 6) is 2.87. The van der Waals surface area contributed by atoms with Gasteiger partial charge in [-0.1, -0.05) is 18.9 Å². The minimum Gasteiger partial charge on any atom is -0.508 e. The molecule has 2 aliphatic rings. The van der Waals surface area contributed by atoms with Crippen molar-refractivity contribution in [2.45, 2.75) is 64.5 Å². The minimum absolute atomic E-state index is 0.00857. The van der Waals surface area contributed by atoms with Crippen LogP contribution in [0.5, 0.6) is 17.6 Å². The third kappa shape index (κ3) is 5.05. The summed E-state index contributed by atoms with van der Waals surface area (Å²) in [6, 6.07) is 8.07. The summed E-state index contributed by atoms with van der Waals surface area (Å²) < 4.78 is 27.4. The molecule has 4 heterocycles. The maximum Gasteiger partial charge on any atom is 0.319 e. The molecule has 2 aromatic heterocycles. The van der Waals surface area contributed by atoms with Crippen LogP contribution in [0.25, 0.3) is 32.9 Å². The zero-order valence-electron chi connectivity index (χ0n) is 24.3. The van der Waals surface area contributed by atoms with Crippen molar-refractivity contribution in [1.82, 2.24) is 19.9 Å². The quantitative estimate of drug-likeness (QED) is 0.227. The molecule has 4 aromatic rings. The number of aromatic nitrogens is 3. The van der Waals surface area contributed by atoms with Crippen molar-refractivity contribution < 1.29 is 19.0 Å². The highest BCUT2D eigenvalue weighted by Crippen LogP contribution is 2.41. The second-order valence-corrected chi connectivity index (χ2v) is 11.5. The number of aromatic hydroxyl groups is 1. The number of phenolic OH excluding ortho intramolecular Hbond substituents is 1. The zero-order chi connectivity index (χ0) is 29.4. The number of ether oxygens (including phenoxy) is 2. The number of nitrogens with one attached hydrogen (secondary N) is 1. The summed E-state index contributed by atoms with van der Waals surface area (Å²) in [4.78, 5) is 17.0. The Hall–Kier alpha value is -4.16. The fourth-order valence-electron chi connectivity index (χ4n) is 6.41. The first kappa shape index (κ1) is 28.0. The number of hydrogen-bond donors (Lipinski definition) is 2. The summed E-state index contributed by atoms with van der Waals surface area (Å²) in [7, 11) is 0. The van der Waals surface area contributed by atoms with Crippen molar-refractivity contribution in [2.24, 2.45) is 0 Å². The summed E-state index contributed by atoms with van der Waals surface area (Å²) in [6.07, 6.45) is 11.0. The third-order valence-corrected chi connectivity index (χ3v) is 8.27. The Morgan fingerprint density at radius 3 is 2.62 bits per heavy atom. The average Bonchev–Trinajstić information content (AvgIpc) is 3.54. The first-order valence-electron chi connectivity index (χ1n) is 14.8. The highest BCUT2D eigenvalue weighted by atomic mass is 19.1. The van der Waals surface area contributed by atoms with Gasteiger partial charge in [0.15, 0.2) is 0 Å². The molecule has 0 radical (unpaired) electrons. The number of fused-ring (bicyclic) bond motifs is 3. The van der Waals surface area contributed by atoms with Crippen molar-refractivity contribution in [3.63, 3.8) is 0 Å². The second kappa shape index (κ2) is 11.3. The molecule has 0 bridgehead atoms. The molecule has 42 heavy (non-hydrogen) atoms. The fraction of sp³-hybridized carbons (Fsp3) is 0.424. The molecule has 0 spiro atoms. The Bertz CT molecular complexity index is 1690. The van der Waals surface area contributed by atoms with Crippen molar-refractivity contribution in [1.29, 1.82) is 0 Å². The van der Waals surface area contributed by atoms with Crippen molar-refractivity contribution in [2.75, 3.05) is 31.6 Å². The molecular formula is C33H36FN5O3. The van der Waals surface area contributed by atoms with Gasteiger partial charge in [-0.2, -0.15) is 9.97 Å². The van der Waals surface area contributed by atoms with Crippen LogP contribution in [0.4, 0.5) is 10.2 Å². The summed E-state index contributed by atoms with van der Waals surface area (Å²) in [5.41, 5.74) is 1.61. The molecule has 2 N–H and O–H groups in total. The van der Waals surface area contributed by atoms with Crippen LogP contribution < -0.4 is 14.8 Å². The van der Waals surface area contributed by atoms with E-state index in [0.29, 0.717) is 57.8 Å². The van der Waals surface area contributed by atoms with E-state index in [0.717, 1.165) is 32.4 Å². The molecule has 9 heteroatoms. The highest BCUT2D eigenvalue weighted by molar-refractivity contribution is 6.03. The van der Waals surface area contributed by atoms with Gasteiger partial charge in [0.05, 0.1) is 28.4 Å². The summed E-state index contributed by atoms with van der Waals surface area (Å²) in [6.45, 7) is 9.35. The molecule has 2 saturated heterocycles. The first-order valence-corrected chi connectivity index (χ1v) is 14.8. The van der Waals surface area contributed by atoms with Crippen molar-refractivity contribution in [3.8, 4) is 41.2 Å². The first-order chi connectivity index (χ1) is 20.3. The van der Waals surface area contributed by atoms with Gasteiger partial charge < -0.3 is 19.9 Å². The number of nitrogens with zero attached hydrogens (tertiary/aromatic N) is 4. The van der Waals surface area contributed by atoms with E-state index in [1.54, 1.807) is 24.3 Å². The van der Waals surface area contributed by atoms with E-state index in [9.17, 15) is 9.50 Å². The molecule has 0 unspecified atom stereocenters. The Morgan fingerprint density at radius 1 is 1.12 bits per heavy atom. The topological polar surface area (TPSA) is 92.6 Å². The van der Waals surface area contributed by atoms with E-state index >= 15 is 0 Å². The van der Waals surface area contributed by atoms with Crippen LogP contribution in [-0.2, 0) is 0 Å². The van der Waals surface area contributed by atoms with Gasteiger partial charge in [-0.3, -0.25) is 4.90 Å². The lowest BCUT2D eigenvalue weighted by Gasteiger charge is -2.31. The molecule has 6 rings (SSSR count). The number of rotatable bonds is 9. The predicted octanol–water partition coefficient (Wildman–Crippen LogP) is 6.29. The molecule has 2 fully saturated rings. The van der Waals surface area contributed by atoms with E-state index in [1.807, 2.05) is 13.8 Å². The number of hydrogen-bond acceptors (Lipinski definition) is 8. The Labute approximate surface area is 245 Å². The summed E-state index contributed by atoms with van der Waals surface area (Å²) >= 11 is 0. The normalized spacial score (nSPS) is 16.2. The Kier molecular flexibility index (Phi) is 7.50. The van der Waals surface area contributed by atoms with E-state index in [2.05, 4.69) is 23.1 Å². The van der Waals surface area contributed by atoms with Crippen LogP contribution in [0.2, 0.25) is 0 Å². The van der Waals surface area contributed by atoms with E-state index in [-0.39, 0.29) is 29.0 Å².